The first-order valence-corrected chi connectivity index (χ1v) is 6.50. The first-order valence-electron chi connectivity index (χ1n) is 4.85. The molecular weight excluding hydrogens is 281 g/mol. The normalized spacial score (nSPS) is 10.8. The van der Waals surface area contributed by atoms with Crippen LogP contribution in [0.4, 0.5) is 10.1 Å². The van der Waals surface area contributed by atoms with Crippen molar-refractivity contribution in [3.8, 4) is 0 Å². The van der Waals surface area contributed by atoms with E-state index >= 15 is 0 Å². The second-order valence-corrected chi connectivity index (χ2v) is 5.16. The van der Waals surface area contributed by atoms with Gasteiger partial charge in [-0.2, -0.15) is 0 Å². The van der Waals surface area contributed by atoms with Gasteiger partial charge in [-0.3, -0.25) is 9.52 Å². The van der Waals surface area contributed by atoms with Gasteiger partial charge in [0, 0.05) is 0 Å². The van der Waals surface area contributed by atoms with Gasteiger partial charge in [0.15, 0.2) is 5.75 Å². The van der Waals surface area contributed by atoms with E-state index in [1.54, 1.807) is 4.72 Å². The summed E-state index contributed by atoms with van der Waals surface area (Å²) in [6.45, 7) is 0. The van der Waals surface area contributed by atoms with E-state index in [1.807, 2.05) is 0 Å². The highest BCUT2D eigenvalue weighted by Crippen LogP contribution is 2.18. The van der Waals surface area contributed by atoms with Gasteiger partial charge in [0.05, 0.1) is 18.4 Å². The molecule has 0 aliphatic heterocycles. The van der Waals surface area contributed by atoms with E-state index in [-0.39, 0.29) is 5.56 Å². The van der Waals surface area contributed by atoms with E-state index in [2.05, 4.69) is 4.74 Å². The van der Waals surface area contributed by atoms with Crippen LogP contribution >= 0.6 is 0 Å². The summed E-state index contributed by atoms with van der Waals surface area (Å²) in [5.74, 6) is -4.52. The fraction of sp³-hybridized carbons (Fsp3) is 0.200. The number of carboxylic acids is 1. The van der Waals surface area contributed by atoms with Crippen LogP contribution in [0.15, 0.2) is 18.2 Å². The fourth-order valence-electron chi connectivity index (χ4n) is 1.21. The van der Waals surface area contributed by atoms with Gasteiger partial charge in [-0.15, -0.1) is 0 Å². The van der Waals surface area contributed by atoms with Gasteiger partial charge in [-0.1, -0.05) is 0 Å². The number of anilines is 1. The first-order chi connectivity index (χ1) is 8.75. The molecule has 7 nitrogen and oxygen atoms in total. The number of halogens is 1. The van der Waals surface area contributed by atoms with Crippen LogP contribution in [0.2, 0.25) is 0 Å². The Hall–Kier alpha value is -2.16. The molecule has 19 heavy (non-hydrogen) atoms. The Morgan fingerprint density at radius 1 is 1.42 bits per heavy atom. The number of sulfonamides is 1. The second kappa shape index (κ2) is 5.65. The first kappa shape index (κ1) is 14.9. The molecular formula is C10H10FNO6S. The minimum Gasteiger partial charge on any atom is -0.480 e. The molecule has 9 heteroatoms. The largest absolute Gasteiger partial charge is 0.480 e. The number of carboxylic acid groups (broad SMARTS) is 1. The average Bonchev–Trinajstić information content (AvgIpc) is 2.29. The number of hydrogen-bond donors (Lipinski definition) is 2. The number of benzene rings is 1. The van der Waals surface area contributed by atoms with Crippen molar-refractivity contribution in [1.82, 2.24) is 0 Å². The van der Waals surface area contributed by atoms with Crippen LogP contribution in [-0.2, 0) is 19.6 Å². The third kappa shape index (κ3) is 4.21. The SMILES string of the molecule is COC(=O)c1ccc(F)c(NS(=O)(=O)CC(=O)O)c1. The molecule has 1 rings (SSSR count). The van der Waals surface area contributed by atoms with Gasteiger partial charge in [-0.25, -0.2) is 17.6 Å². The molecule has 0 atom stereocenters. The van der Waals surface area contributed by atoms with Crippen LogP contribution in [0.1, 0.15) is 10.4 Å². The summed E-state index contributed by atoms with van der Waals surface area (Å²) in [6, 6.07) is 2.89. The topological polar surface area (TPSA) is 110 Å². The van der Waals surface area contributed by atoms with E-state index in [4.69, 9.17) is 5.11 Å². The van der Waals surface area contributed by atoms with Crippen molar-refractivity contribution in [2.75, 3.05) is 17.6 Å². The maximum absolute atomic E-state index is 13.4. The lowest BCUT2D eigenvalue weighted by Crippen LogP contribution is -2.23. The molecule has 0 heterocycles. The standard InChI is InChI=1S/C10H10FNO6S/c1-18-10(15)6-2-3-7(11)8(4-6)12-19(16,17)5-9(13)14/h2-4,12H,5H2,1H3,(H,13,14). The predicted molar refractivity (Wildman–Crippen MR) is 62.8 cm³/mol. The highest BCUT2D eigenvalue weighted by molar-refractivity contribution is 7.93. The zero-order valence-electron chi connectivity index (χ0n) is 9.71. The number of carbonyl (C=O) groups excluding carboxylic acids is 1. The number of nitrogens with one attached hydrogen (secondary N) is 1. The Kier molecular flexibility index (Phi) is 4.43. The quantitative estimate of drug-likeness (QED) is 0.762. The van der Waals surface area contributed by atoms with Crippen molar-refractivity contribution >= 4 is 27.6 Å². The zero-order chi connectivity index (χ0) is 14.6. The van der Waals surface area contributed by atoms with E-state index < -0.39 is 39.2 Å². The maximum Gasteiger partial charge on any atom is 0.337 e. The molecule has 0 saturated carbocycles. The summed E-state index contributed by atoms with van der Waals surface area (Å²) >= 11 is 0. The van der Waals surface area contributed by atoms with Crippen molar-refractivity contribution in [3.63, 3.8) is 0 Å². The van der Waals surface area contributed by atoms with E-state index in [0.29, 0.717) is 0 Å². The number of methoxy groups -OCH3 is 1. The minimum absolute atomic E-state index is 0.0723. The molecule has 0 aliphatic rings. The summed E-state index contributed by atoms with van der Waals surface area (Å²) in [7, 11) is -3.14. The molecule has 0 fully saturated rings. The summed E-state index contributed by atoms with van der Waals surface area (Å²) in [5.41, 5.74) is -0.596. The van der Waals surface area contributed by atoms with Crippen molar-refractivity contribution in [1.29, 1.82) is 0 Å². The van der Waals surface area contributed by atoms with Crippen molar-refractivity contribution in [2.24, 2.45) is 0 Å². The third-order valence-corrected chi connectivity index (χ3v) is 3.12. The zero-order valence-corrected chi connectivity index (χ0v) is 10.5. The lowest BCUT2D eigenvalue weighted by molar-refractivity contribution is -0.134. The molecule has 0 unspecified atom stereocenters. The molecule has 104 valence electrons. The Balaban J connectivity index is 3.07. The molecule has 0 aliphatic carbocycles. The molecule has 0 amide bonds. The van der Waals surface area contributed by atoms with Crippen molar-refractivity contribution < 1.29 is 32.2 Å². The second-order valence-electron chi connectivity index (χ2n) is 3.44. The number of aliphatic carboxylic acids is 1. The summed E-state index contributed by atoms with van der Waals surface area (Å²) in [6.07, 6.45) is 0. The highest BCUT2D eigenvalue weighted by atomic mass is 32.2. The maximum atomic E-state index is 13.4. The van der Waals surface area contributed by atoms with Crippen LogP contribution in [-0.4, -0.2) is 38.3 Å². The smallest absolute Gasteiger partial charge is 0.337 e. The van der Waals surface area contributed by atoms with E-state index in [1.165, 1.54) is 0 Å². The monoisotopic (exact) mass is 291 g/mol. The van der Waals surface area contributed by atoms with Gasteiger partial charge >= 0.3 is 11.9 Å². The van der Waals surface area contributed by atoms with Gasteiger partial charge in [0.1, 0.15) is 5.82 Å². The minimum atomic E-state index is -4.25. The number of carbonyl (C=O) groups is 2. The number of hydrogen-bond acceptors (Lipinski definition) is 5. The molecule has 2 N–H and O–H groups in total. The molecule has 0 radical (unpaired) electrons. The van der Waals surface area contributed by atoms with Gasteiger partial charge in [0.2, 0.25) is 10.0 Å². The van der Waals surface area contributed by atoms with Crippen molar-refractivity contribution in [2.45, 2.75) is 0 Å². The van der Waals surface area contributed by atoms with Gasteiger partial charge in [-0.05, 0) is 18.2 Å². The van der Waals surface area contributed by atoms with Gasteiger partial charge in [0.25, 0.3) is 0 Å². The van der Waals surface area contributed by atoms with Crippen LogP contribution in [0.5, 0.6) is 0 Å². The summed E-state index contributed by atoms with van der Waals surface area (Å²) in [5, 5.41) is 8.39. The van der Waals surface area contributed by atoms with Gasteiger partial charge < -0.3 is 9.84 Å². The lowest BCUT2D eigenvalue weighted by atomic mass is 10.2. The fourth-order valence-corrected chi connectivity index (χ4v) is 2.10. The molecule has 0 bridgehead atoms. The van der Waals surface area contributed by atoms with Crippen molar-refractivity contribution in [3.05, 3.63) is 29.6 Å². The molecule has 0 aromatic heterocycles. The molecule has 0 saturated heterocycles. The summed E-state index contributed by atoms with van der Waals surface area (Å²) < 4.78 is 42.2. The number of rotatable bonds is 5. The third-order valence-electron chi connectivity index (χ3n) is 1.97. The van der Waals surface area contributed by atoms with Crippen LogP contribution < -0.4 is 4.72 Å². The van der Waals surface area contributed by atoms with Crippen LogP contribution in [0, 0.1) is 5.82 Å². The average molecular weight is 291 g/mol. The van der Waals surface area contributed by atoms with E-state index in [0.717, 1.165) is 25.3 Å². The highest BCUT2D eigenvalue weighted by Gasteiger charge is 2.18. The van der Waals surface area contributed by atoms with Crippen LogP contribution in [0.25, 0.3) is 0 Å². The Morgan fingerprint density at radius 3 is 2.58 bits per heavy atom. The van der Waals surface area contributed by atoms with E-state index in [9.17, 15) is 22.4 Å². The molecule has 0 spiro atoms. The Bertz CT molecular complexity index is 612. The number of ether oxygens (including phenoxy) is 1. The van der Waals surface area contributed by atoms with Crippen LogP contribution in [0.3, 0.4) is 0 Å². The Labute approximate surface area is 108 Å². The molecule has 1 aromatic carbocycles. The predicted octanol–water partition coefficient (Wildman–Crippen LogP) is 0.439. The molecule has 1 aromatic rings. The lowest BCUT2D eigenvalue weighted by Gasteiger charge is -2.08. The number of esters is 1. The Morgan fingerprint density at radius 2 is 2.05 bits per heavy atom. The summed E-state index contributed by atoms with van der Waals surface area (Å²) in [4.78, 5) is 21.5.